The Bertz CT molecular complexity index is 648. The topological polar surface area (TPSA) is 90.3 Å². The molecule has 0 radical (unpaired) electrons. The van der Waals surface area contributed by atoms with Crippen LogP contribution in [0.25, 0.3) is 0 Å². The summed E-state index contributed by atoms with van der Waals surface area (Å²) in [5.41, 5.74) is -0.852. The van der Waals surface area contributed by atoms with Crippen LogP contribution in [-0.2, 0) is 26.6 Å². The van der Waals surface area contributed by atoms with Crippen molar-refractivity contribution in [2.75, 3.05) is 7.11 Å². The summed E-state index contributed by atoms with van der Waals surface area (Å²) >= 11 is 0. The Morgan fingerprint density at radius 3 is 2.73 bits per heavy atom. The Balaban J connectivity index is 2.31. The fourth-order valence-corrected chi connectivity index (χ4v) is 4.50. The fourth-order valence-electron chi connectivity index (χ4n) is 2.99. The Morgan fingerprint density at radius 1 is 1.50 bits per heavy atom. The third-order valence-electron chi connectivity index (χ3n) is 4.42. The van der Waals surface area contributed by atoms with Crippen LogP contribution in [0.5, 0.6) is 0 Å². The second-order valence-corrected chi connectivity index (χ2v) is 7.71. The Morgan fingerprint density at radius 2 is 2.18 bits per heavy atom. The van der Waals surface area contributed by atoms with Crippen molar-refractivity contribution in [1.29, 1.82) is 0 Å². The molecule has 1 aromatic heterocycles. The van der Waals surface area contributed by atoms with Crippen LogP contribution in [0.1, 0.15) is 38.4 Å². The third-order valence-corrected chi connectivity index (χ3v) is 5.91. The van der Waals surface area contributed by atoms with Gasteiger partial charge in [0, 0.05) is 18.8 Å². The number of rotatable bonds is 4. The molecule has 0 spiro atoms. The molecule has 8 heteroatoms. The summed E-state index contributed by atoms with van der Waals surface area (Å²) in [6, 6.07) is 0. The molecule has 1 aliphatic carbocycles. The fraction of sp³-hybridized carbons (Fsp3) is 0.714. The lowest BCUT2D eigenvalue weighted by atomic mass is 9.74. The van der Waals surface area contributed by atoms with Crippen molar-refractivity contribution in [2.24, 2.45) is 13.0 Å². The molecule has 0 bridgehead atoms. The van der Waals surface area contributed by atoms with Crippen molar-refractivity contribution in [3.63, 3.8) is 0 Å². The predicted octanol–water partition coefficient (Wildman–Crippen LogP) is 1.13. The van der Waals surface area contributed by atoms with E-state index in [2.05, 4.69) is 9.71 Å². The number of ether oxygens (including phenoxy) is 1. The van der Waals surface area contributed by atoms with Crippen LogP contribution < -0.4 is 4.72 Å². The SMILES string of the molecule is COC(=O)C1CCCCC1(C)NS(=O)(=O)c1cn(C)c(C)n1. The molecule has 22 heavy (non-hydrogen) atoms. The number of aromatic nitrogens is 2. The molecule has 1 N–H and O–H groups in total. The zero-order valence-corrected chi connectivity index (χ0v) is 14.2. The van der Waals surface area contributed by atoms with E-state index in [-0.39, 0.29) is 11.0 Å². The maximum Gasteiger partial charge on any atom is 0.310 e. The zero-order valence-electron chi connectivity index (χ0n) is 13.4. The minimum absolute atomic E-state index is 0.0251. The van der Waals surface area contributed by atoms with Gasteiger partial charge in [-0.2, -0.15) is 0 Å². The average Bonchev–Trinajstić information content (AvgIpc) is 2.78. The smallest absolute Gasteiger partial charge is 0.310 e. The highest BCUT2D eigenvalue weighted by Crippen LogP contribution is 2.35. The number of methoxy groups -OCH3 is 1. The molecule has 0 aliphatic heterocycles. The summed E-state index contributed by atoms with van der Waals surface area (Å²) in [6.45, 7) is 3.50. The van der Waals surface area contributed by atoms with E-state index < -0.39 is 21.5 Å². The number of carbonyl (C=O) groups is 1. The lowest BCUT2D eigenvalue weighted by Crippen LogP contribution is -2.55. The average molecular weight is 329 g/mol. The van der Waals surface area contributed by atoms with E-state index in [4.69, 9.17) is 4.74 Å². The third kappa shape index (κ3) is 3.17. The van der Waals surface area contributed by atoms with Gasteiger partial charge >= 0.3 is 5.97 Å². The van der Waals surface area contributed by atoms with Crippen molar-refractivity contribution in [1.82, 2.24) is 14.3 Å². The van der Waals surface area contributed by atoms with Gasteiger partial charge in [-0.25, -0.2) is 18.1 Å². The molecule has 1 aromatic rings. The largest absolute Gasteiger partial charge is 0.469 e. The molecule has 2 unspecified atom stereocenters. The van der Waals surface area contributed by atoms with Gasteiger partial charge in [0.2, 0.25) is 0 Å². The highest BCUT2D eigenvalue weighted by atomic mass is 32.2. The first kappa shape index (κ1) is 17.0. The number of hydrogen-bond donors (Lipinski definition) is 1. The van der Waals surface area contributed by atoms with Crippen molar-refractivity contribution >= 4 is 16.0 Å². The molecule has 124 valence electrons. The lowest BCUT2D eigenvalue weighted by Gasteiger charge is -2.39. The second-order valence-electron chi connectivity index (χ2n) is 6.08. The summed E-state index contributed by atoms with van der Waals surface area (Å²) in [5.74, 6) is -0.244. The summed E-state index contributed by atoms with van der Waals surface area (Å²) in [4.78, 5) is 16.1. The van der Waals surface area contributed by atoms with Crippen LogP contribution in [-0.4, -0.2) is 36.6 Å². The molecule has 1 saturated carbocycles. The van der Waals surface area contributed by atoms with Crippen LogP contribution in [0.15, 0.2) is 11.2 Å². The molecule has 1 aliphatic rings. The maximum atomic E-state index is 12.6. The maximum absolute atomic E-state index is 12.6. The lowest BCUT2D eigenvalue weighted by molar-refractivity contribution is -0.149. The van der Waals surface area contributed by atoms with E-state index >= 15 is 0 Å². The summed E-state index contributed by atoms with van der Waals surface area (Å²) in [5, 5.41) is -0.0251. The van der Waals surface area contributed by atoms with Crippen LogP contribution in [0.3, 0.4) is 0 Å². The van der Waals surface area contributed by atoms with E-state index in [9.17, 15) is 13.2 Å². The number of imidazole rings is 1. The van der Waals surface area contributed by atoms with E-state index in [0.29, 0.717) is 18.7 Å². The highest BCUT2D eigenvalue weighted by Gasteiger charge is 2.44. The van der Waals surface area contributed by atoms with Gasteiger partial charge < -0.3 is 9.30 Å². The van der Waals surface area contributed by atoms with E-state index in [0.717, 1.165) is 12.8 Å². The van der Waals surface area contributed by atoms with Gasteiger partial charge in [-0.3, -0.25) is 4.79 Å². The number of nitrogens with zero attached hydrogens (tertiary/aromatic N) is 2. The number of carbonyl (C=O) groups excluding carboxylic acids is 1. The molecule has 1 heterocycles. The molecule has 0 saturated heterocycles. The number of sulfonamides is 1. The summed E-state index contributed by atoms with van der Waals surface area (Å²) in [6.07, 6.45) is 4.44. The Kier molecular flexibility index (Phi) is 4.62. The monoisotopic (exact) mass is 329 g/mol. The van der Waals surface area contributed by atoms with Gasteiger partial charge in [0.05, 0.1) is 13.0 Å². The van der Waals surface area contributed by atoms with Gasteiger partial charge in [-0.1, -0.05) is 12.8 Å². The van der Waals surface area contributed by atoms with Crippen molar-refractivity contribution in [2.45, 2.75) is 50.1 Å². The molecule has 7 nitrogen and oxygen atoms in total. The van der Waals surface area contributed by atoms with Crippen LogP contribution in [0.4, 0.5) is 0 Å². The van der Waals surface area contributed by atoms with Gasteiger partial charge in [0.15, 0.2) is 5.03 Å². The predicted molar refractivity (Wildman–Crippen MR) is 80.6 cm³/mol. The van der Waals surface area contributed by atoms with E-state index in [1.807, 2.05) is 0 Å². The minimum atomic E-state index is -3.78. The van der Waals surface area contributed by atoms with Crippen molar-refractivity contribution in [3.05, 3.63) is 12.0 Å². The highest BCUT2D eigenvalue weighted by molar-refractivity contribution is 7.89. The molecule has 0 aromatic carbocycles. The number of aryl methyl sites for hydroxylation is 2. The molecule has 1 fully saturated rings. The van der Waals surface area contributed by atoms with Crippen LogP contribution in [0.2, 0.25) is 0 Å². The quantitative estimate of drug-likeness (QED) is 0.836. The molecule has 2 rings (SSSR count). The number of hydrogen-bond acceptors (Lipinski definition) is 5. The normalized spacial score (nSPS) is 25.9. The van der Waals surface area contributed by atoms with Crippen LogP contribution >= 0.6 is 0 Å². The van der Waals surface area contributed by atoms with Gasteiger partial charge in [0.1, 0.15) is 5.82 Å². The molecule has 2 atom stereocenters. The zero-order chi connectivity index (χ0) is 16.5. The minimum Gasteiger partial charge on any atom is -0.469 e. The van der Waals surface area contributed by atoms with Crippen LogP contribution in [0, 0.1) is 12.8 Å². The number of esters is 1. The van der Waals surface area contributed by atoms with Gasteiger partial charge in [-0.15, -0.1) is 0 Å². The molecular weight excluding hydrogens is 306 g/mol. The van der Waals surface area contributed by atoms with Crippen molar-refractivity contribution in [3.8, 4) is 0 Å². The van der Waals surface area contributed by atoms with Gasteiger partial charge in [0.25, 0.3) is 10.0 Å². The molecular formula is C14H23N3O4S. The van der Waals surface area contributed by atoms with Crippen molar-refractivity contribution < 1.29 is 17.9 Å². The first-order valence-corrected chi connectivity index (χ1v) is 8.80. The Labute approximate surface area is 131 Å². The summed E-state index contributed by atoms with van der Waals surface area (Å²) in [7, 11) is -0.720. The molecule has 0 amide bonds. The Hall–Kier alpha value is -1.41. The van der Waals surface area contributed by atoms with E-state index in [1.165, 1.54) is 13.3 Å². The first-order valence-electron chi connectivity index (χ1n) is 7.31. The first-order chi connectivity index (χ1) is 10.2. The second kappa shape index (κ2) is 6.00. The van der Waals surface area contributed by atoms with Gasteiger partial charge in [-0.05, 0) is 26.7 Å². The van der Waals surface area contributed by atoms with E-state index in [1.54, 1.807) is 25.5 Å². The number of nitrogens with one attached hydrogen (secondary N) is 1. The summed E-state index contributed by atoms with van der Waals surface area (Å²) < 4.78 is 34.3. The standard InChI is InChI=1S/C14H23N3O4S/c1-10-15-12(9-17(10)3)22(19,20)16-14(2)8-6-5-7-11(14)13(18)21-4/h9,11,16H,5-8H2,1-4H3.